The molecule has 0 saturated heterocycles. The maximum Gasteiger partial charge on any atom is 0.339 e. The van der Waals surface area contributed by atoms with Crippen molar-refractivity contribution in [2.75, 3.05) is 14.2 Å². The first-order chi connectivity index (χ1) is 10.5. The van der Waals surface area contributed by atoms with Crippen LogP contribution in [0, 0.1) is 0 Å². The van der Waals surface area contributed by atoms with Gasteiger partial charge in [0, 0.05) is 5.56 Å². The van der Waals surface area contributed by atoms with Crippen molar-refractivity contribution in [1.82, 2.24) is 0 Å². The van der Waals surface area contributed by atoms with E-state index in [-0.39, 0.29) is 27.7 Å². The maximum absolute atomic E-state index is 12.3. The highest BCUT2D eigenvalue weighted by Crippen LogP contribution is 2.39. The average Bonchev–Trinajstić information content (AvgIpc) is 2.55. The molecule has 0 N–H and O–H groups in total. The van der Waals surface area contributed by atoms with E-state index in [4.69, 9.17) is 13.7 Å². The van der Waals surface area contributed by atoms with E-state index in [0.29, 0.717) is 6.29 Å². The number of methoxy groups -OCH3 is 2. The fourth-order valence-corrected chi connectivity index (χ4v) is 2.77. The molecule has 6 nitrogen and oxygen atoms in total. The summed E-state index contributed by atoms with van der Waals surface area (Å²) in [5.41, 5.74) is 0.276. The summed E-state index contributed by atoms with van der Waals surface area (Å²) in [6.07, 6.45) is 0.598. The lowest BCUT2D eigenvalue weighted by Crippen LogP contribution is -2.11. The van der Waals surface area contributed by atoms with Crippen LogP contribution in [0.1, 0.15) is 10.4 Å². The Labute approximate surface area is 128 Å². The highest BCUT2D eigenvalue weighted by Gasteiger charge is 2.23. The van der Waals surface area contributed by atoms with Gasteiger partial charge < -0.3 is 13.7 Å². The summed E-state index contributed by atoms with van der Waals surface area (Å²) in [5.74, 6) is 0.0568. The first-order valence-electron chi connectivity index (χ1n) is 6.22. The number of hydrogen-bond donors (Lipinski definition) is 0. The molecule has 0 fully saturated rings. The standard InChI is InChI=1S/C15H14O6S/c1-19-13-8-11(10-16)9-14(20-2)15(13)21-22(17,18)12-6-4-3-5-7-12/h3-10H,1-2H3. The zero-order valence-corrected chi connectivity index (χ0v) is 12.8. The summed E-state index contributed by atoms with van der Waals surface area (Å²) >= 11 is 0. The smallest absolute Gasteiger partial charge is 0.339 e. The molecule has 0 aliphatic heterocycles. The van der Waals surface area contributed by atoms with Crippen LogP contribution in [0.15, 0.2) is 47.4 Å². The third-order valence-electron chi connectivity index (χ3n) is 2.84. The summed E-state index contributed by atoms with van der Waals surface area (Å²) in [6, 6.07) is 10.4. The molecule has 0 unspecified atom stereocenters. The van der Waals surface area contributed by atoms with Gasteiger partial charge in [-0.2, -0.15) is 8.42 Å². The Hall–Kier alpha value is -2.54. The number of rotatable bonds is 6. The van der Waals surface area contributed by atoms with Crippen molar-refractivity contribution >= 4 is 16.4 Å². The van der Waals surface area contributed by atoms with E-state index in [0.717, 1.165) is 0 Å². The fourth-order valence-electron chi connectivity index (χ4n) is 1.80. The molecule has 2 aromatic carbocycles. The number of aldehydes is 1. The van der Waals surface area contributed by atoms with Gasteiger partial charge >= 0.3 is 10.1 Å². The first kappa shape index (κ1) is 15.8. The summed E-state index contributed by atoms with van der Waals surface area (Å²) in [4.78, 5) is 10.9. The second-order valence-corrected chi connectivity index (χ2v) is 5.77. The normalized spacial score (nSPS) is 10.8. The van der Waals surface area contributed by atoms with Crippen LogP contribution in [-0.4, -0.2) is 28.9 Å². The van der Waals surface area contributed by atoms with Crippen molar-refractivity contribution in [1.29, 1.82) is 0 Å². The van der Waals surface area contributed by atoms with Gasteiger partial charge in [0.05, 0.1) is 14.2 Å². The zero-order chi connectivity index (χ0) is 16.2. The van der Waals surface area contributed by atoms with Crippen molar-refractivity contribution in [3.8, 4) is 17.2 Å². The first-order valence-corrected chi connectivity index (χ1v) is 7.63. The summed E-state index contributed by atoms with van der Waals surface area (Å²) in [7, 11) is -1.37. The predicted octanol–water partition coefficient (Wildman–Crippen LogP) is 2.28. The molecule has 7 heteroatoms. The van der Waals surface area contributed by atoms with Gasteiger partial charge in [-0.1, -0.05) is 18.2 Å². The second-order valence-electron chi connectivity index (χ2n) is 4.22. The van der Waals surface area contributed by atoms with E-state index in [9.17, 15) is 13.2 Å². The van der Waals surface area contributed by atoms with Crippen molar-refractivity contribution in [2.24, 2.45) is 0 Å². The molecule has 0 saturated carbocycles. The Morgan fingerprint density at radius 2 is 1.50 bits per heavy atom. The number of carbonyl (C=O) groups is 1. The third-order valence-corrected chi connectivity index (χ3v) is 4.08. The van der Waals surface area contributed by atoms with Crippen LogP contribution >= 0.6 is 0 Å². The van der Waals surface area contributed by atoms with Crippen LogP contribution in [0.3, 0.4) is 0 Å². The average molecular weight is 322 g/mol. The minimum absolute atomic E-state index is 0.00132. The molecule has 0 spiro atoms. The van der Waals surface area contributed by atoms with E-state index in [2.05, 4.69) is 0 Å². The Morgan fingerprint density at radius 1 is 0.955 bits per heavy atom. The van der Waals surface area contributed by atoms with Crippen molar-refractivity contribution in [2.45, 2.75) is 4.90 Å². The van der Waals surface area contributed by atoms with Gasteiger partial charge in [-0.3, -0.25) is 4.79 Å². The van der Waals surface area contributed by atoms with Crippen LogP contribution in [0.4, 0.5) is 0 Å². The third kappa shape index (κ3) is 3.20. The summed E-state index contributed by atoms with van der Waals surface area (Å²) in [6.45, 7) is 0. The van der Waals surface area contributed by atoms with Gasteiger partial charge in [0.1, 0.15) is 11.2 Å². The molecule has 2 aromatic rings. The van der Waals surface area contributed by atoms with E-state index in [1.54, 1.807) is 18.2 Å². The highest BCUT2D eigenvalue weighted by molar-refractivity contribution is 7.87. The van der Waals surface area contributed by atoms with Crippen LogP contribution in [0.2, 0.25) is 0 Å². The van der Waals surface area contributed by atoms with Gasteiger partial charge in [-0.25, -0.2) is 0 Å². The number of ether oxygens (including phenoxy) is 2. The number of benzene rings is 2. The molecule has 0 radical (unpaired) electrons. The van der Waals surface area contributed by atoms with E-state index < -0.39 is 10.1 Å². The number of carbonyl (C=O) groups excluding carboxylic acids is 1. The molecule has 0 aliphatic rings. The Balaban J connectivity index is 2.51. The highest BCUT2D eigenvalue weighted by atomic mass is 32.2. The SMILES string of the molecule is COc1cc(C=O)cc(OC)c1OS(=O)(=O)c1ccccc1. The molecule has 0 heterocycles. The Bertz CT molecular complexity index is 743. The van der Waals surface area contributed by atoms with Crippen molar-refractivity contribution in [3.63, 3.8) is 0 Å². The Morgan fingerprint density at radius 3 is 1.95 bits per heavy atom. The van der Waals surface area contributed by atoms with Gasteiger partial charge in [0.2, 0.25) is 5.75 Å². The van der Waals surface area contributed by atoms with E-state index in [1.807, 2.05) is 0 Å². The van der Waals surface area contributed by atoms with Crippen LogP contribution in [0.25, 0.3) is 0 Å². The summed E-state index contributed by atoms with van der Waals surface area (Å²) in [5, 5.41) is 0. The van der Waals surface area contributed by atoms with Crippen LogP contribution in [0.5, 0.6) is 17.2 Å². The van der Waals surface area contributed by atoms with Gasteiger partial charge in [0.15, 0.2) is 11.5 Å². The van der Waals surface area contributed by atoms with Gasteiger partial charge in [0.25, 0.3) is 0 Å². The molecule has 22 heavy (non-hydrogen) atoms. The minimum Gasteiger partial charge on any atom is -0.493 e. The lowest BCUT2D eigenvalue weighted by Gasteiger charge is -2.14. The van der Waals surface area contributed by atoms with E-state index >= 15 is 0 Å². The summed E-state index contributed by atoms with van der Waals surface area (Å²) < 4.78 is 39.9. The fraction of sp³-hybridized carbons (Fsp3) is 0.133. The molecular formula is C15H14O6S. The van der Waals surface area contributed by atoms with Crippen LogP contribution < -0.4 is 13.7 Å². The van der Waals surface area contributed by atoms with Gasteiger partial charge in [-0.05, 0) is 24.3 Å². The molecule has 0 aromatic heterocycles. The Kier molecular flexibility index (Phi) is 4.67. The maximum atomic E-state index is 12.3. The molecule has 0 bridgehead atoms. The lowest BCUT2D eigenvalue weighted by atomic mass is 10.2. The van der Waals surface area contributed by atoms with Crippen LogP contribution in [-0.2, 0) is 10.1 Å². The van der Waals surface area contributed by atoms with Gasteiger partial charge in [-0.15, -0.1) is 0 Å². The second kappa shape index (κ2) is 6.48. The molecular weight excluding hydrogens is 308 g/mol. The molecule has 0 amide bonds. The quantitative estimate of drug-likeness (QED) is 0.600. The van der Waals surface area contributed by atoms with E-state index in [1.165, 1.54) is 38.5 Å². The molecule has 0 atom stereocenters. The predicted molar refractivity (Wildman–Crippen MR) is 79.2 cm³/mol. The number of hydrogen-bond acceptors (Lipinski definition) is 6. The zero-order valence-electron chi connectivity index (χ0n) is 12.0. The topological polar surface area (TPSA) is 78.9 Å². The van der Waals surface area contributed by atoms with Crippen molar-refractivity contribution in [3.05, 3.63) is 48.0 Å². The molecule has 0 aliphatic carbocycles. The molecule has 2 rings (SSSR count). The minimum atomic E-state index is -4.05. The lowest BCUT2D eigenvalue weighted by molar-refractivity contribution is 0.112. The largest absolute Gasteiger partial charge is 0.493 e. The molecule has 116 valence electrons. The van der Waals surface area contributed by atoms with Crippen molar-refractivity contribution < 1.29 is 26.9 Å². The monoisotopic (exact) mass is 322 g/mol.